The number of aromatic nitrogens is 3. The molecule has 2 aromatic heterocycles. The largest absolute Gasteiger partial charge is 0.371 e. The highest BCUT2D eigenvalue weighted by atomic mass is 16.1. The van der Waals surface area contributed by atoms with Gasteiger partial charge in [-0.2, -0.15) is 0 Å². The number of hydrogen-bond acceptors (Lipinski definition) is 4. The van der Waals surface area contributed by atoms with E-state index in [2.05, 4.69) is 46.1 Å². The minimum atomic E-state index is 0.0979. The second-order valence-electron chi connectivity index (χ2n) is 7.64. The topological polar surface area (TPSA) is 51.0 Å². The third kappa shape index (κ3) is 3.46. The van der Waals surface area contributed by atoms with Crippen LogP contribution in [-0.4, -0.2) is 27.6 Å². The number of benzene rings is 1. The van der Waals surface area contributed by atoms with Gasteiger partial charge in [-0.3, -0.25) is 14.3 Å². The first-order valence-electron chi connectivity index (χ1n) is 9.67. The summed E-state index contributed by atoms with van der Waals surface area (Å²) in [7, 11) is 0. The Kier molecular flexibility index (Phi) is 4.68. The molecule has 27 heavy (non-hydrogen) atoms. The quantitative estimate of drug-likeness (QED) is 0.714. The SMILES string of the molecule is Cc1cc(N2CCC(Cn3cnc(C)c(C)c3=O)CC2)c2ccccc2n1. The van der Waals surface area contributed by atoms with Crippen LogP contribution in [-0.2, 0) is 6.54 Å². The van der Waals surface area contributed by atoms with Crippen LogP contribution in [0.4, 0.5) is 5.69 Å². The lowest BCUT2D eigenvalue weighted by Gasteiger charge is -2.34. The molecule has 0 atom stereocenters. The highest BCUT2D eigenvalue weighted by Crippen LogP contribution is 2.30. The number of aryl methyl sites for hydroxylation is 2. The van der Waals surface area contributed by atoms with E-state index in [9.17, 15) is 4.79 Å². The van der Waals surface area contributed by atoms with Gasteiger partial charge in [-0.15, -0.1) is 0 Å². The Morgan fingerprint density at radius 1 is 1.11 bits per heavy atom. The molecule has 0 saturated carbocycles. The lowest BCUT2D eigenvalue weighted by atomic mass is 9.95. The van der Waals surface area contributed by atoms with Crippen LogP contribution < -0.4 is 10.5 Å². The molecular formula is C22H26N4O. The minimum Gasteiger partial charge on any atom is -0.371 e. The molecule has 1 saturated heterocycles. The second kappa shape index (κ2) is 7.14. The first kappa shape index (κ1) is 17.7. The van der Waals surface area contributed by atoms with E-state index in [0.717, 1.165) is 54.9 Å². The molecule has 0 amide bonds. The van der Waals surface area contributed by atoms with E-state index >= 15 is 0 Å². The van der Waals surface area contributed by atoms with Gasteiger partial charge < -0.3 is 4.90 Å². The van der Waals surface area contributed by atoms with Gasteiger partial charge >= 0.3 is 0 Å². The van der Waals surface area contributed by atoms with Gasteiger partial charge in [-0.25, -0.2) is 4.98 Å². The number of fused-ring (bicyclic) bond motifs is 1. The molecule has 0 aliphatic carbocycles. The first-order chi connectivity index (χ1) is 13.0. The predicted octanol–water partition coefficient (Wildman–Crippen LogP) is 3.63. The Labute approximate surface area is 159 Å². The third-order valence-electron chi connectivity index (χ3n) is 5.75. The summed E-state index contributed by atoms with van der Waals surface area (Å²) >= 11 is 0. The van der Waals surface area contributed by atoms with Crippen LogP contribution in [0.15, 0.2) is 41.5 Å². The van der Waals surface area contributed by atoms with E-state index < -0.39 is 0 Å². The van der Waals surface area contributed by atoms with E-state index in [0.29, 0.717) is 5.92 Å². The zero-order valence-electron chi connectivity index (χ0n) is 16.3. The fraction of sp³-hybridized carbons (Fsp3) is 0.409. The van der Waals surface area contributed by atoms with Gasteiger partial charge in [0.1, 0.15) is 0 Å². The fourth-order valence-electron chi connectivity index (χ4n) is 3.99. The molecule has 0 radical (unpaired) electrons. The van der Waals surface area contributed by atoms with Crippen LogP contribution in [0.25, 0.3) is 10.9 Å². The molecule has 0 bridgehead atoms. The molecule has 0 N–H and O–H groups in total. The Bertz CT molecular complexity index is 1030. The standard InChI is InChI=1S/C22H26N4O/c1-15-12-21(19-6-4-5-7-20(19)24-15)25-10-8-18(9-11-25)13-26-14-23-17(3)16(2)22(26)27/h4-7,12,14,18H,8-11,13H2,1-3H3. The zero-order chi connectivity index (χ0) is 19.0. The maximum Gasteiger partial charge on any atom is 0.256 e. The van der Waals surface area contributed by atoms with Crippen molar-refractivity contribution in [2.24, 2.45) is 5.92 Å². The van der Waals surface area contributed by atoms with E-state index in [-0.39, 0.29) is 5.56 Å². The Balaban J connectivity index is 1.50. The van der Waals surface area contributed by atoms with Crippen LogP contribution in [0.1, 0.15) is 29.8 Å². The number of hydrogen-bond donors (Lipinski definition) is 0. The van der Waals surface area contributed by atoms with Crippen molar-refractivity contribution >= 4 is 16.6 Å². The van der Waals surface area contributed by atoms with Crippen molar-refractivity contribution in [1.82, 2.24) is 14.5 Å². The van der Waals surface area contributed by atoms with Crippen molar-refractivity contribution in [3.8, 4) is 0 Å². The highest BCUT2D eigenvalue weighted by molar-refractivity contribution is 5.92. The lowest BCUT2D eigenvalue weighted by molar-refractivity contribution is 0.350. The molecule has 5 nitrogen and oxygen atoms in total. The average molecular weight is 362 g/mol. The molecule has 5 heteroatoms. The summed E-state index contributed by atoms with van der Waals surface area (Å²) in [5.41, 5.74) is 5.07. The third-order valence-corrected chi connectivity index (χ3v) is 5.75. The number of piperidine rings is 1. The molecular weight excluding hydrogens is 336 g/mol. The monoisotopic (exact) mass is 362 g/mol. The molecule has 0 spiro atoms. The number of pyridine rings is 1. The van der Waals surface area contributed by atoms with Crippen molar-refractivity contribution < 1.29 is 0 Å². The second-order valence-corrected chi connectivity index (χ2v) is 7.64. The van der Waals surface area contributed by atoms with Crippen molar-refractivity contribution in [2.45, 2.75) is 40.2 Å². The molecule has 1 aliphatic rings. The van der Waals surface area contributed by atoms with Crippen LogP contribution >= 0.6 is 0 Å². The van der Waals surface area contributed by atoms with E-state index in [1.54, 1.807) is 10.9 Å². The molecule has 3 heterocycles. The maximum atomic E-state index is 12.4. The smallest absolute Gasteiger partial charge is 0.256 e. The summed E-state index contributed by atoms with van der Waals surface area (Å²) in [5.74, 6) is 0.511. The van der Waals surface area contributed by atoms with E-state index in [4.69, 9.17) is 0 Å². The fourth-order valence-corrected chi connectivity index (χ4v) is 3.99. The maximum absolute atomic E-state index is 12.4. The van der Waals surface area contributed by atoms with Crippen LogP contribution in [0.5, 0.6) is 0 Å². The minimum absolute atomic E-state index is 0.0979. The molecule has 3 aromatic rings. The van der Waals surface area contributed by atoms with Gasteiger partial charge in [0.05, 0.1) is 11.8 Å². The average Bonchev–Trinajstić information content (AvgIpc) is 2.68. The molecule has 140 valence electrons. The molecule has 0 unspecified atom stereocenters. The van der Waals surface area contributed by atoms with Gasteiger partial charge in [-0.1, -0.05) is 18.2 Å². The molecule has 1 aromatic carbocycles. The number of para-hydroxylation sites is 1. The van der Waals surface area contributed by atoms with Crippen LogP contribution in [0.2, 0.25) is 0 Å². The van der Waals surface area contributed by atoms with E-state index in [1.165, 1.54) is 11.1 Å². The normalized spacial score (nSPS) is 15.4. The zero-order valence-corrected chi connectivity index (χ0v) is 16.3. The summed E-state index contributed by atoms with van der Waals surface area (Å²) in [6, 6.07) is 10.6. The van der Waals surface area contributed by atoms with Crippen molar-refractivity contribution in [3.63, 3.8) is 0 Å². The van der Waals surface area contributed by atoms with Crippen LogP contribution in [0, 0.1) is 26.7 Å². The van der Waals surface area contributed by atoms with Gasteiger partial charge in [0.25, 0.3) is 5.56 Å². The first-order valence-corrected chi connectivity index (χ1v) is 9.67. The summed E-state index contributed by atoms with van der Waals surface area (Å²) in [5, 5.41) is 1.22. The van der Waals surface area contributed by atoms with Gasteiger partial charge in [0, 0.05) is 47.7 Å². The van der Waals surface area contributed by atoms with Crippen LogP contribution in [0.3, 0.4) is 0 Å². The number of anilines is 1. The molecule has 4 rings (SSSR count). The number of rotatable bonds is 3. The van der Waals surface area contributed by atoms with Gasteiger partial charge in [0.2, 0.25) is 0 Å². The number of nitrogens with zero attached hydrogens (tertiary/aromatic N) is 4. The predicted molar refractivity (Wildman–Crippen MR) is 109 cm³/mol. The van der Waals surface area contributed by atoms with Crippen molar-refractivity contribution in [2.75, 3.05) is 18.0 Å². The van der Waals surface area contributed by atoms with Gasteiger partial charge in [-0.05, 0) is 51.7 Å². The Hall–Kier alpha value is -2.69. The van der Waals surface area contributed by atoms with Crippen molar-refractivity contribution in [1.29, 1.82) is 0 Å². The lowest BCUT2D eigenvalue weighted by Crippen LogP contribution is -2.37. The highest BCUT2D eigenvalue weighted by Gasteiger charge is 2.22. The molecule has 1 aliphatic heterocycles. The summed E-state index contributed by atoms with van der Waals surface area (Å²) < 4.78 is 1.79. The summed E-state index contributed by atoms with van der Waals surface area (Å²) in [6.07, 6.45) is 3.86. The summed E-state index contributed by atoms with van der Waals surface area (Å²) in [6.45, 7) is 8.58. The van der Waals surface area contributed by atoms with Crippen molar-refractivity contribution in [3.05, 3.63) is 64.0 Å². The summed E-state index contributed by atoms with van der Waals surface area (Å²) in [4.78, 5) is 23.9. The Morgan fingerprint density at radius 3 is 2.63 bits per heavy atom. The Morgan fingerprint density at radius 2 is 1.85 bits per heavy atom. The van der Waals surface area contributed by atoms with E-state index in [1.807, 2.05) is 19.9 Å². The van der Waals surface area contributed by atoms with Gasteiger partial charge in [0.15, 0.2) is 0 Å². The molecule has 1 fully saturated rings.